The largest absolute Gasteiger partial charge is 0.497 e. The number of nitrogens with one attached hydrogen (secondary N) is 2. The summed E-state index contributed by atoms with van der Waals surface area (Å²) in [6, 6.07) is 5.79. The van der Waals surface area contributed by atoms with Gasteiger partial charge in [-0.3, -0.25) is 5.43 Å². The number of benzene rings is 1. The lowest BCUT2D eigenvalue weighted by molar-refractivity contribution is 0.415. The van der Waals surface area contributed by atoms with Crippen LogP contribution in [-0.4, -0.2) is 23.4 Å². The second kappa shape index (κ2) is 4.84. The summed E-state index contributed by atoms with van der Waals surface area (Å²) in [4.78, 5) is 3.14. The van der Waals surface area contributed by atoms with E-state index < -0.39 is 0 Å². The Morgan fingerprint density at radius 3 is 3.12 bits per heavy atom. The molecule has 0 bridgehead atoms. The second-order valence-electron chi connectivity index (χ2n) is 3.39. The molecule has 0 spiro atoms. The Kier molecular flexibility index (Phi) is 3.24. The van der Waals surface area contributed by atoms with Crippen LogP contribution in [0.5, 0.6) is 5.75 Å². The van der Waals surface area contributed by atoms with E-state index in [1.54, 1.807) is 13.3 Å². The highest BCUT2D eigenvalue weighted by Crippen LogP contribution is 2.22. The van der Waals surface area contributed by atoms with Gasteiger partial charge in [-0.05, 0) is 30.4 Å². The Hall–Kier alpha value is -2.08. The number of nitrogens with two attached hydrogens (primary N) is 1. The Bertz CT molecular complexity index is 576. The standard InChI is InChI=1S/C11H12N4OS/c1-16-8-2-3-10-9(4-8)7(5-13-10)6-14-15-11(12)17/h2-6,13H,1H3,(H3,12,15,17). The van der Waals surface area contributed by atoms with Crippen LogP contribution in [0.25, 0.3) is 10.9 Å². The summed E-state index contributed by atoms with van der Waals surface area (Å²) in [5, 5.41) is 5.08. The van der Waals surface area contributed by atoms with Crippen molar-refractivity contribution in [3.63, 3.8) is 0 Å². The third-order valence-electron chi connectivity index (χ3n) is 2.30. The summed E-state index contributed by atoms with van der Waals surface area (Å²) in [7, 11) is 1.63. The van der Waals surface area contributed by atoms with E-state index in [9.17, 15) is 0 Å². The van der Waals surface area contributed by atoms with Gasteiger partial charge in [0.25, 0.3) is 0 Å². The minimum Gasteiger partial charge on any atom is -0.497 e. The molecule has 0 aliphatic heterocycles. The van der Waals surface area contributed by atoms with Crippen LogP contribution in [0.2, 0.25) is 0 Å². The molecule has 2 aromatic rings. The number of hydrazone groups is 1. The molecule has 1 aromatic carbocycles. The maximum atomic E-state index is 5.27. The molecule has 0 saturated carbocycles. The molecular weight excluding hydrogens is 236 g/mol. The van der Waals surface area contributed by atoms with E-state index in [-0.39, 0.29) is 5.11 Å². The Balaban J connectivity index is 2.34. The normalized spacial score (nSPS) is 10.9. The topological polar surface area (TPSA) is 75.4 Å². The zero-order valence-electron chi connectivity index (χ0n) is 9.23. The number of fused-ring (bicyclic) bond motifs is 1. The van der Waals surface area contributed by atoms with Gasteiger partial charge < -0.3 is 15.5 Å². The van der Waals surface area contributed by atoms with Crippen LogP contribution in [-0.2, 0) is 0 Å². The van der Waals surface area contributed by atoms with E-state index in [1.165, 1.54) is 0 Å². The van der Waals surface area contributed by atoms with Gasteiger partial charge in [-0.15, -0.1) is 0 Å². The third kappa shape index (κ3) is 2.54. The molecule has 4 N–H and O–H groups in total. The number of hydrogen-bond acceptors (Lipinski definition) is 3. The first-order chi connectivity index (χ1) is 8.20. The molecule has 0 amide bonds. The first-order valence-corrected chi connectivity index (χ1v) is 5.35. The van der Waals surface area contributed by atoms with Crippen molar-refractivity contribution < 1.29 is 4.74 Å². The number of aromatic amines is 1. The number of ether oxygens (including phenoxy) is 1. The maximum Gasteiger partial charge on any atom is 0.184 e. The number of H-pyrrole nitrogens is 1. The number of aromatic nitrogens is 1. The number of nitrogens with zero attached hydrogens (tertiary/aromatic N) is 1. The minimum atomic E-state index is 0.138. The van der Waals surface area contributed by atoms with Crippen molar-refractivity contribution >= 4 is 34.4 Å². The summed E-state index contributed by atoms with van der Waals surface area (Å²) in [6.45, 7) is 0. The van der Waals surface area contributed by atoms with E-state index in [2.05, 4.69) is 27.7 Å². The average Bonchev–Trinajstić information content (AvgIpc) is 2.71. The van der Waals surface area contributed by atoms with Crippen LogP contribution in [0, 0.1) is 0 Å². The van der Waals surface area contributed by atoms with Crippen LogP contribution in [0.1, 0.15) is 5.56 Å². The van der Waals surface area contributed by atoms with Crippen LogP contribution < -0.4 is 15.9 Å². The molecule has 17 heavy (non-hydrogen) atoms. The highest BCUT2D eigenvalue weighted by atomic mass is 32.1. The van der Waals surface area contributed by atoms with Gasteiger partial charge in [0.05, 0.1) is 13.3 Å². The van der Waals surface area contributed by atoms with Crippen LogP contribution in [0.4, 0.5) is 0 Å². The van der Waals surface area contributed by atoms with Crippen molar-refractivity contribution in [2.75, 3.05) is 7.11 Å². The molecule has 0 radical (unpaired) electrons. The predicted molar refractivity (Wildman–Crippen MR) is 72.4 cm³/mol. The molecule has 0 saturated heterocycles. The maximum absolute atomic E-state index is 5.27. The summed E-state index contributed by atoms with van der Waals surface area (Å²) in [5.74, 6) is 0.800. The number of methoxy groups -OCH3 is 1. The van der Waals surface area contributed by atoms with Crippen molar-refractivity contribution in [3.8, 4) is 5.75 Å². The van der Waals surface area contributed by atoms with E-state index in [0.717, 1.165) is 22.2 Å². The van der Waals surface area contributed by atoms with E-state index in [0.29, 0.717) is 0 Å². The fraction of sp³-hybridized carbons (Fsp3) is 0.0909. The molecule has 1 heterocycles. The first kappa shape index (κ1) is 11.4. The quantitative estimate of drug-likeness (QED) is 0.435. The lowest BCUT2D eigenvalue weighted by Gasteiger charge is -1.99. The van der Waals surface area contributed by atoms with Gasteiger partial charge in [0.1, 0.15) is 5.75 Å². The Morgan fingerprint density at radius 2 is 2.41 bits per heavy atom. The molecule has 6 heteroatoms. The first-order valence-electron chi connectivity index (χ1n) is 4.94. The van der Waals surface area contributed by atoms with Crippen molar-refractivity contribution in [3.05, 3.63) is 30.0 Å². The van der Waals surface area contributed by atoms with Crippen LogP contribution >= 0.6 is 12.2 Å². The van der Waals surface area contributed by atoms with Gasteiger partial charge in [-0.1, -0.05) is 0 Å². The molecule has 5 nitrogen and oxygen atoms in total. The fourth-order valence-electron chi connectivity index (χ4n) is 1.52. The number of thiocarbonyl (C=S) groups is 1. The predicted octanol–water partition coefficient (Wildman–Crippen LogP) is 1.34. The number of rotatable bonds is 3. The monoisotopic (exact) mass is 248 g/mol. The molecule has 2 rings (SSSR count). The van der Waals surface area contributed by atoms with Crippen molar-refractivity contribution in [2.45, 2.75) is 0 Å². The van der Waals surface area contributed by atoms with Gasteiger partial charge >= 0.3 is 0 Å². The average molecular weight is 248 g/mol. The summed E-state index contributed by atoms with van der Waals surface area (Å²) >= 11 is 4.65. The summed E-state index contributed by atoms with van der Waals surface area (Å²) in [5.41, 5.74) is 9.73. The third-order valence-corrected chi connectivity index (χ3v) is 2.39. The van der Waals surface area contributed by atoms with Gasteiger partial charge in [0.15, 0.2) is 5.11 Å². The molecule has 0 aliphatic carbocycles. The Morgan fingerprint density at radius 1 is 1.59 bits per heavy atom. The van der Waals surface area contributed by atoms with E-state index >= 15 is 0 Å². The lowest BCUT2D eigenvalue weighted by atomic mass is 10.2. The fourth-order valence-corrected chi connectivity index (χ4v) is 1.57. The molecule has 1 aromatic heterocycles. The summed E-state index contributed by atoms with van der Waals surface area (Å²) < 4.78 is 5.17. The van der Waals surface area contributed by atoms with Crippen molar-refractivity contribution in [1.82, 2.24) is 10.4 Å². The van der Waals surface area contributed by atoms with E-state index in [1.807, 2.05) is 24.4 Å². The van der Waals surface area contributed by atoms with Gasteiger partial charge in [0.2, 0.25) is 0 Å². The highest BCUT2D eigenvalue weighted by molar-refractivity contribution is 7.80. The highest BCUT2D eigenvalue weighted by Gasteiger charge is 2.02. The minimum absolute atomic E-state index is 0.138. The van der Waals surface area contributed by atoms with Gasteiger partial charge in [-0.25, -0.2) is 0 Å². The van der Waals surface area contributed by atoms with Gasteiger partial charge in [-0.2, -0.15) is 5.10 Å². The van der Waals surface area contributed by atoms with Crippen LogP contribution in [0.15, 0.2) is 29.5 Å². The lowest BCUT2D eigenvalue weighted by Crippen LogP contribution is -2.23. The zero-order chi connectivity index (χ0) is 12.3. The van der Waals surface area contributed by atoms with E-state index in [4.69, 9.17) is 10.5 Å². The van der Waals surface area contributed by atoms with Crippen molar-refractivity contribution in [1.29, 1.82) is 0 Å². The molecule has 0 unspecified atom stereocenters. The molecule has 88 valence electrons. The Labute approximate surface area is 104 Å². The molecule has 0 fully saturated rings. The zero-order valence-corrected chi connectivity index (χ0v) is 10.0. The molecule has 0 atom stereocenters. The summed E-state index contributed by atoms with van der Waals surface area (Å²) in [6.07, 6.45) is 3.51. The van der Waals surface area contributed by atoms with Crippen LogP contribution in [0.3, 0.4) is 0 Å². The number of hydrogen-bond donors (Lipinski definition) is 3. The second-order valence-corrected chi connectivity index (χ2v) is 3.83. The van der Waals surface area contributed by atoms with Gasteiger partial charge in [0, 0.05) is 22.7 Å². The van der Waals surface area contributed by atoms with Crippen molar-refractivity contribution in [2.24, 2.45) is 10.8 Å². The molecular formula is C11H12N4OS. The smallest absolute Gasteiger partial charge is 0.184 e. The molecule has 0 aliphatic rings. The SMILES string of the molecule is COc1ccc2[nH]cc(C=NNC(N)=S)c2c1.